The van der Waals surface area contributed by atoms with Crippen LogP contribution in [0.3, 0.4) is 0 Å². The van der Waals surface area contributed by atoms with E-state index < -0.39 is 0 Å². The zero-order chi connectivity index (χ0) is 20.8. The molecule has 0 amide bonds. The first-order valence-corrected chi connectivity index (χ1v) is 9.84. The van der Waals surface area contributed by atoms with E-state index in [1.807, 2.05) is 42.5 Å². The highest BCUT2D eigenvalue weighted by Crippen LogP contribution is 2.35. The maximum Gasteiger partial charge on any atom is 0.219 e. The Hall–Kier alpha value is -4.45. The van der Waals surface area contributed by atoms with Crippen LogP contribution < -0.4 is 4.74 Å². The molecule has 3 aromatic carbocycles. The van der Waals surface area contributed by atoms with Crippen molar-refractivity contribution in [2.24, 2.45) is 0 Å². The number of hydrogen-bond acceptors (Lipinski definition) is 5. The number of nitrogens with zero attached hydrogens (tertiary/aromatic N) is 4. The molecule has 148 valence electrons. The van der Waals surface area contributed by atoms with Crippen LogP contribution in [0.15, 0.2) is 91.4 Å². The van der Waals surface area contributed by atoms with Gasteiger partial charge in [-0.15, -0.1) is 0 Å². The lowest BCUT2D eigenvalue weighted by Gasteiger charge is -2.09. The van der Waals surface area contributed by atoms with Crippen molar-refractivity contribution in [3.05, 3.63) is 91.4 Å². The molecule has 31 heavy (non-hydrogen) atoms. The van der Waals surface area contributed by atoms with Crippen molar-refractivity contribution in [3.63, 3.8) is 0 Å². The summed E-state index contributed by atoms with van der Waals surface area (Å²) in [5, 5.41) is 13.2. The van der Waals surface area contributed by atoms with Gasteiger partial charge in [0.15, 0.2) is 5.82 Å². The van der Waals surface area contributed by atoms with Gasteiger partial charge < -0.3 is 9.84 Å². The summed E-state index contributed by atoms with van der Waals surface area (Å²) < 4.78 is 8.14. The van der Waals surface area contributed by atoms with Crippen LogP contribution in [-0.2, 0) is 0 Å². The van der Waals surface area contributed by atoms with E-state index in [2.05, 4.69) is 31.7 Å². The Bertz CT molecular complexity index is 1580. The number of aromatic nitrogens is 4. The Morgan fingerprint density at radius 1 is 0.806 bits per heavy atom. The van der Waals surface area contributed by atoms with E-state index in [4.69, 9.17) is 4.74 Å². The zero-order valence-electron chi connectivity index (χ0n) is 16.3. The van der Waals surface area contributed by atoms with Gasteiger partial charge in [-0.05, 0) is 30.3 Å². The van der Waals surface area contributed by atoms with Gasteiger partial charge in [0.25, 0.3) is 0 Å². The van der Waals surface area contributed by atoms with Gasteiger partial charge in [-0.3, -0.25) is 9.55 Å². The zero-order valence-corrected chi connectivity index (χ0v) is 16.3. The Balaban J connectivity index is 1.51. The first-order chi connectivity index (χ1) is 15.3. The number of rotatable bonds is 3. The first kappa shape index (κ1) is 17.4. The number of ether oxygens (including phenoxy) is 1. The number of pyridine rings is 1. The predicted molar refractivity (Wildman–Crippen MR) is 120 cm³/mol. The largest absolute Gasteiger partial charge is 0.506 e. The molecule has 0 aliphatic heterocycles. The van der Waals surface area contributed by atoms with Crippen LogP contribution >= 0.6 is 0 Å². The summed E-state index contributed by atoms with van der Waals surface area (Å²) in [6.07, 6.45) is 5.08. The molecule has 6 aromatic rings. The molecule has 0 aliphatic carbocycles. The molecule has 3 heterocycles. The standard InChI is InChI=1S/C25H16N4O2/c30-22-7-3-4-16-8-11-24(28-25(16)22)31-17-9-10-19-18-5-1-2-6-20(18)29(21(19)14-17)23-15-26-12-13-27-23/h1-15,30H. The Morgan fingerprint density at radius 2 is 1.71 bits per heavy atom. The van der Waals surface area contributed by atoms with E-state index in [-0.39, 0.29) is 5.75 Å². The van der Waals surface area contributed by atoms with Gasteiger partial charge in [0.05, 0.1) is 17.2 Å². The smallest absolute Gasteiger partial charge is 0.219 e. The van der Waals surface area contributed by atoms with Crippen molar-refractivity contribution in [3.8, 4) is 23.2 Å². The van der Waals surface area contributed by atoms with Crippen molar-refractivity contribution < 1.29 is 9.84 Å². The summed E-state index contributed by atoms with van der Waals surface area (Å²) in [6.45, 7) is 0. The van der Waals surface area contributed by atoms with Gasteiger partial charge in [-0.1, -0.05) is 30.3 Å². The van der Waals surface area contributed by atoms with Gasteiger partial charge >= 0.3 is 0 Å². The van der Waals surface area contributed by atoms with Crippen LogP contribution in [0.5, 0.6) is 17.4 Å². The summed E-state index contributed by atoms with van der Waals surface area (Å²) in [6, 6.07) is 23.1. The summed E-state index contributed by atoms with van der Waals surface area (Å²) in [5.74, 6) is 1.92. The number of benzene rings is 3. The number of aromatic hydroxyl groups is 1. The second-order valence-electron chi connectivity index (χ2n) is 7.20. The minimum absolute atomic E-state index is 0.126. The average molecular weight is 404 g/mol. The molecule has 0 saturated heterocycles. The molecule has 0 saturated carbocycles. The van der Waals surface area contributed by atoms with E-state index in [0.29, 0.717) is 17.1 Å². The van der Waals surface area contributed by atoms with Crippen LogP contribution in [-0.4, -0.2) is 24.6 Å². The molecular weight excluding hydrogens is 388 g/mol. The van der Waals surface area contributed by atoms with Crippen molar-refractivity contribution in [2.45, 2.75) is 0 Å². The lowest BCUT2D eigenvalue weighted by Crippen LogP contribution is -1.97. The fourth-order valence-corrected chi connectivity index (χ4v) is 3.96. The van der Waals surface area contributed by atoms with Crippen LogP contribution in [0.25, 0.3) is 38.5 Å². The molecule has 6 heteroatoms. The number of fused-ring (bicyclic) bond motifs is 4. The summed E-state index contributed by atoms with van der Waals surface area (Å²) in [4.78, 5) is 13.2. The molecule has 6 rings (SSSR count). The van der Waals surface area contributed by atoms with E-state index in [9.17, 15) is 5.11 Å². The normalized spacial score (nSPS) is 11.4. The maximum absolute atomic E-state index is 10.1. The van der Waals surface area contributed by atoms with Gasteiger partial charge in [-0.25, -0.2) is 9.97 Å². The third-order valence-corrected chi connectivity index (χ3v) is 5.32. The quantitative estimate of drug-likeness (QED) is 0.414. The van der Waals surface area contributed by atoms with Gasteiger partial charge in [0.1, 0.15) is 17.0 Å². The first-order valence-electron chi connectivity index (χ1n) is 9.84. The third-order valence-electron chi connectivity index (χ3n) is 5.32. The minimum Gasteiger partial charge on any atom is -0.506 e. The fraction of sp³-hybridized carbons (Fsp3) is 0. The molecule has 0 unspecified atom stereocenters. The van der Waals surface area contributed by atoms with Crippen LogP contribution in [0, 0.1) is 0 Å². The molecule has 0 bridgehead atoms. The molecule has 3 aromatic heterocycles. The van der Waals surface area contributed by atoms with E-state index >= 15 is 0 Å². The Labute approximate surface area is 177 Å². The lowest BCUT2D eigenvalue weighted by molar-refractivity contribution is 0.460. The van der Waals surface area contributed by atoms with Gasteiger partial charge in [0.2, 0.25) is 5.88 Å². The fourth-order valence-electron chi connectivity index (χ4n) is 3.96. The summed E-state index contributed by atoms with van der Waals surface area (Å²) in [7, 11) is 0. The monoisotopic (exact) mass is 404 g/mol. The summed E-state index contributed by atoms with van der Waals surface area (Å²) >= 11 is 0. The van der Waals surface area contributed by atoms with E-state index in [1.54, 1.807) is 36.8 Å². The van der Waals surface area contributed by atoms with E-state index in [0.717, 1.165) is 33.0 Å². The van der Waals surface area contributed by atoms with Crippen molar-refractivity contribution in [2.75, 3.05) is 0 Å². The molecule has 0 atom stereocenters. The van der Waals surface area contributed by atoms with Gasteiger partial charge in [0, 0.05) is 40.7 Å². The van der Waals surface area contributed by atoms with Gasteiger partial charge in [-0.2, -0.15) is 0 Å². The van der Waals surface area contributed by atoms with Crippen LogP contribution in [0.4, 0.5) is 0 Å². The van der Waals surface area contributed by atoms with E-state index in [1.165, 1.54) is 0 Å². The molecule has 0 radical (unpaired) electrons. The maximum atomic E-state index is 10.1. The SMILES string of the molecule is Oc1cccc2ccc(Oc3ccc4c5ccccc5n(-c5cnccn5)c4c3)nc12. The topological polar surface area (TPSA) is 73.1 Å². The van der Waals surface area contributed by atoms with Crippen molar-refractivity contribution >= 4 is 32.7 Å². The molecule has 6 nitrogen and oxygen atoms in total. The highest BCUT2D eigenvalue weighted by molar-refractivity contribution is 6.09. The second kappa shape index (κ2) is 6.81. The average Bonchev–Trinajstić information content (AvgIpc) is 3.14. The van der Waals surface area contributed by atoms with Crippen LogP contribution in [0.1, 0.15) is 0 Å². The third kappa shape index (κ3) is 2.85. The molecule has 0 aliphatic rings. The van der Waals surface area contributed by atoms with Crippen molar-refractivity contribution in [1.29, 1.82) is 0 Å². The number of para-hydroxylation sites is 2. The predicted octanol–water partition coefficient (Wildman–Crippen LogP) is 5.62. The molecule has 0 fully saturated rings. The highest BCUT2D eigenvalue weighted by Gasteiger charge is 2.14. The number of phenolic OH excluding ortho intramolecular Hbond substituents is 1. The minimum atomic E-state index is 0.126. The number of hydrogen-bond donors (Lipinski definition) is 1. The molecular formula is C25H16N4O2. The lowest BCUT2D eigenvalue weighted by atomic mass is 10.1. The summed E-state index contributed by atoms with van der Waals surface area (Å²) in [5.41, 5.74) is 2.52. The van der Waals surface area contributed by atoms with Crippen molar-refractivity contribution in [1.82, 2.24) is 19.5 Å². The van der Waals surface area contributed by atoms with Crippen LogP contribution in [0.2, 0.25) is 0 Å². The highest BCUT2D eigenvalue weighted by atomic mass is 16.5. The Morgan fingerprint density at radius 3 is 2.61 bits per heavy atom. The Kier molecular flexibility index (Phi) is 3.83. The second-order valence-corrected chi connectivity index (χ2v) is 7.20. The number of phenols is 1. The molecule has 1 N–H and O–H groups in total. The molecule has 0 spiro atoms.